The van der Waals surface area contributed by atoms with E-state index in [4.69, 9.17) is 0 Å². The van der Waals surface area contributed by atoms with E-state index in [1.807, 2.05) is 12.1 Å². The van der Waals surface area contributed by atoms with Crippen LogP contribution in [0.4, 0.5) is 17.1 Å². The molecule has 1 aromatic heterocycles. The second-order valence-electron chi connectivity index (χ2n) is 16.4. The lowest BCUT2D eigenvalue weighted by atomic mass is 9.89. The summed E-state index contributed by atoms with van der Waals surface area (Å²) in [5.74, 6) is 0. The Bertz CT molecular complexity index is 3630. The van der Waals surface area contributed by atoms with Gasteiger partial charge >= 0.3 is 0 Å². The Labute approximate surface area is 371 Å². The van der Waals surface area contributed by atoms with Crippen LogP contribution >= 0.6 is 0 Å². The number of hydrogen-bond donors (Lipinski definition) is 0. The third-order valence-electron chi connectivity index (χ3n) is 12.7. The van der Waals surface area contributed by atoms with E-state index in [9.17, 15) is 5.26 Å². The first-order chi connectivity index (χ1) is 31.7. The van der Waals surface area contributed by atoms with Gasteiger partial charge in [0.25, 0.3) is 0 Å². The Balaban J connectivity index is 1.11. The molecular formula is C61H39N3. The van der Waals surface area contributed by atoms with Crippen LogP contribution in [0.1, 0.15) is 5.56 Å². The molecular weight excluding hydrogens is 775 g/mol. The number of anilines is 3. The predicted octanol–water partition coefficient (Wildman–Crippen LogP) is 16.6. The van der Waals surface area contributed by atoms with Gasteiger partial charge in [0.05, 0.1) is 28.4 Å². The van der Waals surface area contributed by atoms with Crippen molar-refractivity contribution in [3.8, 4) is 45.1 Å². The highest BCUT2D eigenvalue weighted by Crippen LogP contribution is 2.49. The van der Waals surface area contributed by atoms with Crippen molar-refractivity contribution < 1.29 is 0 Å². The SMILES string of the molecule is N#Cc1ccc(N(c2cccc(-n3c4ccc(-c5ccccc5)cc4c4cc(-c5ccccc5)ccc43)c2)c2c3ccccc3c(-c3ccc4ccccc4c3)c3ccccc23)cc1. The second-order valence-corrected chi connectivity index (χ2v) is 16.4. The molecule has 0 atom stereocenters. The molecule has 3 heteroatoms. The van der Waals surface area contributed by atoms with Crippen LogP contribution in [0.25, 0.3) is 93.2 Å². The second kappa shape index (κ2) is 15.3. The van der Waals surface area contributed by atoms with Gasteiger partial charge in [0.2, 0.25) is 0 Å². The van der Waals surface area contributed by atoms with E-state index in [-0.39, 0.29) is 0 Å². The van der Waals surface area contributed by atoms with Crippen molar-refractivity contribution in [1.29, 1.82) is 5.26 Å². The van der Waals surface area contributed by atoms with Crippen LogP contribution in [0.15, 0.2) is 237 Å². The summed E-state index contributed by atoms with van der Waals surface area (Å²) < 4.78 is 2.41. The Morgan fingerprint density at radius 1 is 0.344 bits per heavy atom. The Morgan fingerprint density at radius 2 is 0.875 bits per heavy atom. The molecule has 3 nitrogen and oxygen atoms in total. The standard InChI is InChI=1S/C61H39N3/c62-40-41-26-32-49(33-27-41)63(61-54-24-11-9-22-52(54)60(53-23-10-12-25-55(53)61)48-29-28-44-18-7-8-19-45(44)36-48)50-20-13-21-51(39-50)64-58-34-30-46(42-14-3-1-4-15-42)37-56(58)57-38-47(31-35-59(57)64)43-16-5-2-6-17-43/h1-39H. The van der Waals surface area contributed by atoms with Crippen molar-refractivity contribution in [3.05, 3.63) is 242 Å². The molecule has 64 heavy (non-hydrogen) atoms. The van der Waals surface area contributed by atoms with E-state index in [0.29, 0.717) is 5.56 Å². The zero-order valence-corrected chi connectivity index (χ0v) is 34.9. The average molecular weight is 814 g/mol. The Kier molecular flexibility index (Phi) is 8.88. The van der Waals surface area contributed by atoms with Crippen LogP contribution < -0.4 is 4.90 Å². The van der Waals surface area contributed by atoms with Crippen molar-refractivity contribution in [1.82, 2.24) is 4.57 Å². The van der Waals surface area contributed by atoms with Gasteiger partial charge < -0.3 is 9.47 Å². The summed E-state index contributed by atoms with van der Waals surface area (Å²) in [7, 11) is 0. The molecule has 0 saturated heterocycles. The molecule has 0 fully saturated rings. The lowest BCUT2D eigenvalue weighted by Crippen LogP contribution is -2.12. The topological polar surface area (TPSA) is 32.0 Å². The van der Waals surface area contributed by atoms with Crippen molar-refractivity contribution >= 4 is 71.2 Å². The fourth-order valence-electron chi connectivity index (χ4n) is 9.79. The molecule has 298 valence electrons. The normalized spacial score (nSPS) is 11.4. The molecule has 11 aromatic carbocycles. The van der Waals surface area contributed by atoms with E-state index < -0.39 is 0 Å². The summed E-state index contributed by atoms with van der Waals surface area (Å²) in [6, 6.07) is 87.2. The molecule has 0 N–H and O–H groups in total. The van der Waals surface area contributed by atoms with Crippen molar-refractivity contribution in [2.45, 2.75) is 0 Å². The quantitative estimate of drug-likeness (QED) is 0.150. The molecule has 0 bridgehead atoms. The summed E-state index contributed by atoms with van der Waals surface area (Å²) in [6.07, 6.45) is 0. The molecule has 0 amide bonds. The third-order valence-corrected chi connectivity index (χ3v) is 12.7. The highest BCUT2D eigenvalue weighted by molar-refractivity contribution is 6.23. The van der Waals surface area contributed by atoms with E-state index in [1.165, 1.54) is 65.7 Å². The summed E-state index contributed by atoms with van der Waals surface area (Å²) >= 11 is 0. The largest absolute Gasteiger partial charge is 0.309 e. The van der Waals surface area contributed by atoms with Gasteiger partial charge in [-0.1, -0.05) is 164 Å². The van der Waals surface area contributed by atoms with E-state index in [0.717, 1.165) is 44.6 Å². The van der Waals surface area contributed by atoms with Crippen LogP contribution in [0.3, 0.4) is 0 Å². The molecule has 12 aromatic rings. The first kappa shape index (κ1) is 37.1. The fraction of sp³-hybridized carbons (Fsp3) is 0. The number of nitrogens with zero attached hydrogens (tertiary/aromatic N) is 3. The van der Waals surface area contributed by atoms with Crippen LogP contribution in [-0.2, 0) is 0 Å². The van der Waals surface area contributed by atoms with Crippen LogP contribution in [0.5, 0.6) is 0 Å². The minimum absolute atomic E-state index is 0.619. The Hall–Kier alpha value is -8.71. The van der Waals surface area contributed by atoms with Crippen LogP contribution in [-0.4, -0.2) is 4.57 Å². The number of aromatic nitrogens is 1. The zero-order chi connectivity index (χ0) is 42.6. The molecule has 0 radical (unpaired) electrons. The minimum Gasteiger partial charge on any atom is -0.309 e. The zero-order valence-electron chi connectivity index (χ0n) is 34.9. The monoisotopic (exact) mass is 813 g/mol. The molecule has 1 heterocycles. The van der Waals surface area contributed by atoms with Crippen molar-refractivity contribution in [2.24, 2.45) is 0 Å². The van der Waals surface area contributed by atoms with Gasteiger partial charge in [-0.3, -0.25) is 0 Å². The van der Waals surface area contributed by atoms with Crippen molar-refractivity contribution in [2.75, 3.05) is 4.90 Å². The molecule has 0 aliphatic carbocycles. The van der Waals surface area contributed by atoms with Gasteiger partial charge in [-0.2, -0.15) is 5.26 Å². The number of rotatable bonds is 7. The molecule has 0 saturated carbocycles. The molecule has 0 aliphatic rings. The van der Waals surface area contributed by atoms with Crippen LogP contribution in [0.2, 0.25) is 0 Å². The van der Waals surface area contributed by atoms with E-state index in [1.54, 1.807) is 0 Å². The Morgan fingerprint density at radius 3 is 1.47 bits per heavy atom. The summed E-state index contributed by atoms with van der Waals surface area (Å²) in [6.45, 7) is 0. The van der Waals surface area contributed by atoms with Gasteiger partial charge in [0.15, 0.2) is 0 Å². The van der Waals surface area contributed by atoms with E-state index >= 15 is 0 Å². The molecule has 0 aliphatic heterocycles. The minimum atomic E-state index is 0.619. The van der Waals surface area contributed by atoms with Gasteiger partial charge in [-0.05, 0) is 128 Å². The highest BCUT2D eigenvalue weighted by atomic mass is 15.1. The maximum absolute atomic E-state index is 9.90. The number of fused-ring (bicyclic) bond motifs is 6. The maximum Gasteiger partial charge on any atom is 0.0991 e. The van der Waals surface area contributed by atoms with Gasteiger partial charge in [-0.25, -0.2) is 0 Å². The lowest BCUT2D eigenvalue weighted by Gasteiger charge is -2.30. The third kappa shape index (κ3) is 6.20. The molecule has 0 spiro atoms. The molecule has 0 unspecified atom stereocenters. The summed E-state index contributed by atoms with van der Waals surface area (Å²) in [4.78, 5) is 2.38. The maximum atomic E-state index is 9.90. The average Bonchev–Trinajstić information content (AvgIpc) is 3.70. The van der Waals surface area contributed by atoms with Crippen LogP contribution in [0, 0.1) is 11.3 Å². The van der Waals surface area contributed by atoms with E-state index in [2.05, 4.69) is 240 Å². The number of nitriles is 1. The first-order valence-electron chi connectivity index (χ1n) is 21.7. The molecule has 12 rings (SSSR count). The van der Waals surface area contributed by atoms with Gasteiger partial charge in [0.1, 0.15) is 0 Å². The highest BCUT2D eigenvalue weighted by Gasteiger charge is 2.23. The van der Waals surface area contributed by atoms with Gasteiger partial charge in [-0.15, -0.1) is 0 Å². The lowest BCUT2D eigenvalue weighted by molar-refractivity contribution is 1.17. The number of hydrogen-bond acceptors (Lipinski definition) is 2. The summed E-state index contributed by atoms with van der Waals surface area (Å²) in [5, 5.41) is 19.4. The van der Waals surface area contributed by atoms with Crippen molar-refractivity contribution in [3.63, 3.8) is 0 Å². The van der Waals surface area contributed by atoms with Gasteiger partial charge in [0, 0.05) is 38.6 Å². The predicted molar refractivity (Wildman–Crippen MR) is 269 cm³/mol. The summed E-state index contributed by atoms with van der Waals surface area (Å²) in [5.41, 5.74) is 14.1. The number of benzene rings is 11. The smallest absolute Gasteiger partial charge is 0.0991 e. The fourth-order valence-corrected chi connectivity index (χ4v) is 9.79. The first-order valence-corrected chi connectivity index (χ1v) is 21.7.